The lowest BCUT2D eigenvalue weighted by Gasteiger charge is -2.31. The standard InChI is InChI=1S/C28H38N2O6/c1-18(2)10-12-21-19(3)36-28(33)22(30-27(32)25-26(31)24(34-4)14-16-29-25)15-17-35-23(21)13-11-20-8-6-5-7-9-20/h5-9,14,16,18-19,21-23,31H,10-13,15,17H2,1-4H3,(H,30,32)/t19-,21-,22-,23+/m0/s1. The number of carbonyl (C=O) groups is 2. The zero-order valence-electron chi connectivity index (χ0n) is 21.6. The summed E-state index contributed by atoms with van der Waals surface area (Å²) in [5.41, 5.74) is 1.02. The molecule has 3 rings (SSSR count). The van der Waals surface area contributed by atoms with Gasteiger partial charge in [-0.15, -0.1) is 0 Å². The number of methoxy groups -OCH3 is 1. The van der Waals surface area contributed by atoms with Crippen molar-refractivity contribution in [3.8, 4) is 11.5 Å². The van der Waals surface area contributed by atoms with Crippen molar-refractivity contribution in [1.82, 2.24) is 10.3 Å². The van der Waals surface area contributed by atoms with Gasteiger partial charge in [0.15, 0.2) is 17.2 Å². The number of hydrogen-bond acceptors (Lipinski definition) is 7. The van der Waals surface area contributed by atoms with Gasteiger partial charge >= 0.3 is 5.97 Å². The lowest BCUT2D eigenvalue weighted by Crippen LogP contribution is -2.44. The molecule has 2 aromatic rings. The third-order valence-corrected chi connectivity index (χ3v) is 6.67. The SMILES string of the molecule is COc1ccnc(C(=O)N[C@H]2CCO[C@H](CCc3ccccc3)[C@@H](CCC(C)C)[C@H](C)OC2=O)c1O. The van der Waals surface area contributed by atoms with Crippen LogP contribution in [0.4, 0.5) is 0 Å². The molecule has 1 aliphatic rings. The van der Waals surface area contributed by atoms with Crippen LogP contribution in [-0.2, 0) is 20.7 Å². The number of nitrogens with one attached hydrogen (secondary N) is 1. The molecule has 1 aromatic carbocycles. The predicted octanol–water partition coefficient (Wildman–Crippen LogP) is 4.30. The Kier molecular flexibility index (Phi) is 10.1. The highest BCUT2D eigenvalue weighted by Crippen LogP contribution is 2.30. The van der Waals surface area contributed by atoms with Gasteiger partial charge < -0.3 is 24.6 Å². The second-order valence-corrected chi connectivity index (χ2v) is 9.74. The van der Waals surface area contributed by atoms with Crippen molar-refractivity contribution >= 4 is 11.9 Å². The summed E-state index contributed by atoms with van der Waals surface area (Å²) < 4.78 is 17.3. The van der Waals surface area contributed by atoms with Gasteiger partial charge in [0.1, 0.15) is 12.1 Å². The highest BCUT2D eigenvalue weighted by molar-refractivity contribution is 5.97. The molecule has 0 unspecified atom stereocenters. The summed E-state index contributed by atoms with van der Waals surface area (Å²) >= 11 is 0. The number of aromatic nitrogens is 1. The molecule has 0 radical (unpaired) electrons. The van der Waals surface area contributed by atoms with Crippen LogP contribution in [0.25, 0.3) is 0 Å². The second kappa shape index (κ2) is 13.3. The Bertz CT molecular complexity index is 997. The van der Waals surface area contributed by atoms with Crippen molar-refractivity contribution in [2.75, 3.05) is 13.7 Å². The van der Waals surface area contributed by atoms with Gasteiger partial charge in [-0.05, 0) is 37.7 Å². The molecule has 0 saturated carbocycles. The molecule has 1 aromatic heterocycles. The first-order valence-electron chi connectivity index (χ1n) is 12.7. The minimum atomic E-state index is -0.925. The van der Waals surface area contributed by atoms with E-state index in [4.69, 9.17) is 14.2 Å². The van der Waals surface area contributed by atoms with Crippen LogP contribution < -0.4 is 10.1 Å². The first kappa shape index (κ1) is 27.5. The highest BCUT2D eigenvalue weighted by atomic mass is 16.6. The molecular formula is C28H38N2O6. The number of benzene rings is 1. The third kappa shape index (κ3) is 7.43. The van der Waals surface area contributed by atoms with Crippen molar-refractivity contribution in [2.45, 2.75) is 71.1 Å². The van der Waals surface area contributed by atoms with Gasteiger partial charge in [-0.25, -0.2) is 9.78 Å². The quantitative estimate of drug-likeness (QED) is 0.497. The lowest BCUT2D eigenvalue weighted by atomic mass is 9.86. The van der Waals surface area contributed by atoms with Gasteiger partial charge in [0.2, 0.25) is 0 Å². The average Bonchev–Trinajstić information content (AvgIpc) is 2.91. The number of aromatic hydroxyl groups is 1. The second-order valence-electron chi connectivity index (χ2n) is 9.74. The average molecular weight is 499 g/mol. The van der Waals surface area contributed by atoms with E-state index in [1.54, 1.807) is 0 Å². The summed E-state index contributed by atoms with van der Waals surface area (Å²) in [5.74, 6) is -0.895. The largest absolute Gasteiger partial charge is 0.503 e. The molecule has 1 aliphatic heterocycles. The van der Waals surface area contributed by atoms with Crippen molar-refractivity contribution in [1.29, 1.82) is 0 Å². The number of pyridine rings is 1. The minimum Gasteiger partial charge on any atom is -0.503 e. The topological polar surface area (TPSA) is 107 Å². The molecule has 1 amide bonds. The minimum absolute atomic E-state index is 0.0404. The van der Waals surface area contributed by atoms with E-state index in [1.807, 2.05) is 25.1 Å². The van der Waals surface area contributed by atoms with Crippen LogP contribution in [0.5, 0.6) is 11.5 Å². The highest BCUT2D eigenvalue weighted by Gasteiger charge is 2.35. The fourth-order valence-electron chi connectivity index (χ4n) is 4.56. The molecule has 1 saturated heterocycles. The Morgan fingerprint density at radius 2 is 1.97 bits per heavy atom. The first-order chi connectivity index (χ1) is 17.3. The Morgan fingerprint density at radius 3 is 2.67 bits per heavy atom. The Morgan fingerprint density at radius 1 is 1.22 bits per heavy atom. The van der Waals surface area contributed by atoms with E-state index in [1.165, 1.54) is 24.9 Å². The van der Waals surface area contributed by atoms with Crippen molar-refractivity contribution in [3.05, 3.63) is 53.9 Å². The number of ether oxygens (including phenoxy) is 3. The number of nitrogens with zero attached hydrogens (tertiary/aromatic N) is 1. The van der Waals surface area contributed by atoms with Crippen LogP contribution in [0.15, 0.2) is 42.6 Å². The van der Waals surface area contributed by atoms with Crippen LogP contribution in [0.2, 0.25) is 0 Å². The van der Waals surface area contributed by atoms with Gasteiger partial charge in [-0.2, -0.15) is 0 Å². The molecule has 0 spiro atoms. The summed E-state index contributed by atoms with van der Waals surface area (Å²) in [7, 11) is 1.38. The molecular weight excluding hydrogens is 460 g/mol. The Balaban J connectivity index is 1.74. The van der Waals surface area contributed by atoms with Crippen LogP contribution in [0.3, 0.4) is 0 Å². The number of hydrogen-bond donors (Lipinski definition) is 2. The van der Waals surface area contributed by atoms with Crippen molar-refractivity contribution in [3.63, 3.8) is 0 Å². The number of carbonyl (C=O) groups excluding carboxylic acids is 2. The van der Waals surface area contributed by atoms with Gasteiger partial charge in [-0.1, -0.05) is 50.6 Å². The molecule has 1 fully saturated rings. The molecule has 4 atom stereocenters. The Labute approximate surface area is 213 Å². The maximum atomic E-state index is 13.1. The van der Waals surface area contributed by atoms with E-state index in [0.717, 1.165) is 25.7 Å². The summed E-state index contributed by atoms with van der Waals surface area (Å²) in [4.78, 5) is 29.9. The zero-order valence-corrected chi connectivity index (χ0v) is 21.6. The molecule has 0 aliphatic carbocycles. The molecule has 196 valence electrons. The van der Waals surface area contributed by atoms with E-state index in [-0.39, 0.29) is 41.7 Å². The van der Waals surface area contributed by atoms with Gasteiger partial charge in [0, 0.05) is 31.2 Å². The van der Waals surface area contributed by atoms with E-state index in [2.05, 4.69) is 36.3 Å². The number of cyclic esters (lactones) is 1. The van der Waals surface area contributed by atoms with Crippen LogP contribution in [-0.4, -0.2) is 53.9 Å². The number of aryl methyl sites for hydroxylation is 1. The lowest BCUT2D eigenvalue weighted by molar-refractivity contribution is -0.154. The summed E-state index contributed by atoms with van der Waals surface area (Å²) in [6, 6.07) is 10.8. The monoisotopic (exact) mass is 498 g/mol. The maximum Gasteiger partial charge on any atom is 0.329 e. The summed E-state index contributed by atoms with van der Waals surface area (Å²) in [6.45, 7) is 6.56. The fraction of sp³-hybridized carbons (Fsp3) is 0.536. The fourth-order valence-corrected chi connectivity index (χ4v) is 4.56. The third-order valence-electron chi connectivity index (χ3n) is 6.67. The smallest absolute Gasteiger partial charge is 0.329 e. The van der Waals surface area contributed by atoms with Gasteiger partial charge in [0.25, 0.3) is 5.91 Å². The van der Waals surface area contributed by atoms with Crippen LogP contribution in [0.1, 0.15) is 62.5 Å². The van der Waals surface area contributed by atoms with E-state index in [0.29, 0.717) is 12.5 Å². The van der Waals surface area contributed by atoms with E-state index in [9.17, 15) is 14.7 Å². The first-order valence-corrected chi connectivity index (χ1v) is 12.7. The number of rotatable bonds is 9. The number of amides is 1. The van der Waals surface area contributed by atoms with Gasteiger partial charge in [-0.3, -0.25) is 4.79 Å². The number of esters is 1. The van der Waals surface area contributed by atoms with Crippen LogP contribution in [0, 0.1) is 11.8 Å². The molecule has 2 N–H and O–H groups in total. The summed E-state index contributed by atoms with van der Waals surface area (Å²) in [5, 5.41) is 12.9. The van der Waals surface area contributed by atoms with Crippen molar-refractivity contribution < 1.29 is 28.9 Å². The van der Waals surface area contributed by atoms with Crippen molar-refractivity contribution in [2.24, 2.45) is 11.8 Å². The maximum absolute atomic E-state index is 13.1. The van der Waals surface area contributed by atoms with Crippen LogP contribution >= 0.6 is 0 Å². The molecule has 0 bridgehead atoms. The normalized spacial score (nSPS) is 22.8. The molecule has 8 heteroatoms. The Hall–Kier alpha value is -3.13. The van der Waals surface area contributed by atoms with Gasteiger partial charge in [0.05, 0.1) is 13.2 Å². The molecule has 36 heavy (non-hydrogen) atoms. The van der Waals surface area contributed by atoms with E-state index < -0.39 is 17.9 Å². The predicted molar refractivity (Wildman–Crippen MR) is 136 cm³/mol. The summed E-state index contributed by atoms with van der Waals surface area (Å²) in [6.07, 6.45) is 4.71. The van der Waals surface area contributed by atoms with E-state index >= 15 is 0 Å². The molecule has 8 nitrogen and oxygen atoms in total. The zero-order chi connectivity index (χ0) is 26.1. The molecule has 2 heterocycles.